The van der Waals surface area contributed by atoms with Crippen LogP contribution < -0.4 is 11.1 Å². The highest BCUT2D eigenvalue weighted by molar-refractivity contribution is 6.37. The van der Waals surface area contributed by atoms with E-state index in [0.717, 1.165) is 6.54 Å². The number of rotatable bonds is 4. The van der Waals surface area contributed by atoms with Crippen molar-refractivity contribution in [3.05, 3.63) is 16.1 Å². The van der Waals surface area contributed by atoms with Crippen molar-refractivity contribution >= 4 is 34.8 Å². The molecule has 18 heavy (non-hydrogen) atoms. The van der Waals surface area contributed by atoms with E-state index in [1.165, 1.54) is 25.9 Å². The lowest BCUT2D eigenvalue weighted by molar-refractivity contribution is 0.269. The van der Waals surface area contributed by atoms with Gasteiger partial charge in [-0.15, -0.1) is 0 Å². The van der Waals surface area contributed by atoms with E-state index in [1.54, 1.807) is 6.07 Å². The Morgan fingerprint density at radius 1 is 1.39 bits per heavy atom. The molecule has 0 saturated carbocycles. The zero-order valence-corrected chi connectivity index (χ0v) is 11.9. The molecule has 0 bridgehead atoms. The zero-order valence-electron chi connectivity index (χ0n) is 10.4. The van der Waals surface area contributed by atoms with E-state index < -0.39 is 0 Å². The smallest absolute Gasteiger partial charge is 0.147 e. The standard InChI is InChI=1S/C12H18Cl2N4/c1-8(18-4-2-3-5-18)7-16-12-10(14)6-9(13)11(15)17-12/h6,8H,2-5,7H2,1H3,(H3,15,16,17). The molecule has 1 saturated heterocycles. The fourth-order valence-electron chi connectivity index (χ4n) is 2.16. The first kappa shape index (κ1) is 13.7. The van der Waals surface area contributed by atoms with Crippen LogP contribution >= 0.6 is 23.2 Å². The Balaban J connectivity index is 1.95. The van der Waals surface area contributed by atoms with Crippen molar-refractivity contribution in [1.29, 1.82) is 0 Å². The molecular formula is C12H18Cl2N4. The molecule has 6 heteroatoms. The van der Waals surface area contributed by atoms with Crippen LogP contribution in [0.25, 0.3) is 0 Å². The predicted molar refractivity (Wildman–Crippen MR) is 77.4 cm³/mol. The largest absolute Gasteiger partial charge is 0.382 e. The van der Waals surface area contributed by atoms with E-state index in [9.17, 15) is 0 Å². The number of nitrogens with two attached hydrogens (primary N) is 1. The molecule has 3 N–H and O–H groups in total. The highest BCUT2D eigenvalue weighted by atomic mass is 35.5. The normalized spacial score (nSPS) is 17.9. The van der Waals surface area contributed by atoms with Gasteiger partial charge in [-0.2, -0.15) is 0 Å². The van der Waals surface area contributed by atoms with Crippen LogP contribution in [-0.4, -0.2) is 35.6 Å². The first-order valence-corrected chi connectivity index (χ1v) is 6.93. The number of nitrogen functional groups attached to an aromatic ring is 1. The van der Waals surface area contributed by atoms with Crippen molar-refractivity contribution in [2.24, 2.45) is 0 Å². The molecule has 0 aliphatic carbocycles. The molecule has 1 aliphatic heterocycles. The molecule has 1 aromatic heterocycles. The Bertz CT molecular complexity index is 419. The fourth-order valence-corrected chi connectivity index (χ4v) is 2.59. The quantitative estimate of drug-likeness (QED) is 0.895. The summed E-state index contributed by atoms with van der Waals surface area (Å²) in [6.45, 7) is 5.35. The van der Waals surface area contributed by atoms with Gasteiger partial charge in [-0.25, -0.2) is 4.98 Å². The summed E-state index contributed by atoms with van der Waals surface area (Å²) in [5.41, 5.74) is 5.67. The van der Waals surface area contributed by atoms with E-state index in [-0.39, 0.29) is 0 Å². The molecule has 0 radical (unpaired) electrons. The third-order valence-corrected chi connectivity index (χ3v) is 3.88. The third-order valence-electron chi connectivity index (χ3n) is 3.29. The number of pyridine rings is 1. The number of nitrogens with zero attached hydrogens (tertiary/aromatic N) is 2. The van der Waals surface area contributed by atoms with Crippen molar-refractivity contribution in [1.82, 2.24) is 9.88 Å². The molecular weight excluding hydrogens is 271 g/mol. The van der Waals surface area contributed by atoms with Crippen molar-refractivity contribution < 1.29 is 0 Å². The molecule has 0 aromatic carbocycles. The summed E-state index contributed by atoms with van der Waals surface area (Å²) in [5, 5.41) is 4.12. The second-order valence-electron chi connectivity index (χ2n) is 4.66. The topological polar surface area (TPSA) is 54.2 Å². The zero-order chi connectivity index (χ0) is 13.1. The van der Waals surface area contributed by atoms with Crippen LogP contribution in [0.1, 0.15) is 19.8 Å². The molecule has 1 fully saturated rings. The molecule has 1 atom stereocenters. The highest BCUT2D eigenvalue weighted by Gasteiger charge is 2.18. The van der Waals surface area contributed by atoms with Gasteiger partial charge in [-0.05, 0) is 38.9 Å². The third kappa shape index (κ3) is 3.19. The van der Waals surface area contributed by atoms with Crippen LogP contribution in [-0.2, 0) is 0 Å². The minimum Gasteiger partial charge on any atom is -0.382 e. The van der Waals surface area contributed by atoms with Gasteiger partial charge in [0.05, 0.1) is 10.0 Å². The maximum Gasteiger partial charge on any atom is 0.147 e. The lowest BCUT2D eigenvalue weighted by Gasteiger charge is -2.24. The Kier molecular flexibility index (Phi) is 4.54. The minimum atomic E-state index is 0.303. The summed E-state index contributed by atoms with van der Waals surface area (Å²) >= 11 is 11.9. The summed E-state index contributed by atoms with van der Waals surface area (Å²) in [6, 6.07) is 2.08. The monoisotopic (exact) mass is 288 g/mol. The van der Waals surface area contributed by atoms with Crippen LogP contribution in [0, 0.1) is 0 Å². The van der Waals surface area contributed by atoms with Gasteiger partial charge in [0, 0.05) is 12.6 Å². The second kappa shape index (κ2) is 5.95. The summed E-state index contributed by atoms with van der Waals surface area (Å²) in [5.74, 6) is 0.905. The number of anilines is 2. The number of halogens is 2. The number of hydrogen-bond acceptors (Lipinski definition) is 4. The molecule has 100 valence electrons. The fraction of sp³-hybridized carbons (Fsp3) is 0.583. The van der Waals surface area contributed by atoms with Gasteiger partial charge in [0.25, 0.3) is 0 Å². The van der Waals surface area contributed by atoms with Crippen LogP contribution in [0.3, 0.4) is 0 Å². The SMILES string of the molecule is CC(CNc1nc(N)c(Cl)cc1Cl)N1CCCC1. The van der Waals surface area contributed by atoms with Crippen LogP contribution in [0.5, 0.6) is 0 Å². The van der Waals surface area contributed by atoms with Gasteiger partial charge in [0.2, 0.25) is 0 Å². The molecule has 1 aromatic rings. The van der Waals surface area contributed by atoms with E-state index in [0.29, 0.717) is 27.7 Å². The average molecular weight is 289 g/mol. The van der Waals surface area contributed by atoms with Crippen molar-refractivity contribution in [2.75, 3.05) is 30.7 Å². The van der Waals surface area contributed by atoms with Gasteiger partial charge < -0.3 is 11.1 Å². The summed E-state index contributed by atoms with van der Waals surface area (Å²) < 4.78 is 0. The molecule has 0 amide bonds. The van der Waals surface area contributed by atoms with Crippen molar-refractivity contribution in [3.8, 4) is 0 Å². The summed E-state index contributed by atoms with van der Waals surface area (Å²) in [7, 11) is 0. The number of aromatic nitrogens is 1. The van der Waals surface area contributed by atoms with Gasteiger partial charge in [-0.1, -0.05) is 23.2 Å². The van der Waals surface area contributed by atoms with Crippen molar-refractivity contribution in [3.63, 3.8) is 0 Å². The van der Waals surface area contributed by atoms with Crippen LogP contribution in [0.4, 0.5) is 11.6 Å². The van der Waals surface area contributed by atoms with Gasteiger partial charge in [-0.3, -0.25) is 4.90 Å². The first-order chi connectivity index (χ1) is 8.58. The summed E-state index contributed by atoms with van der Waals surface area (Å²) in [4.78, 5) is 6.61. The first-order valence-electron chi connectivity index (χ1n) is 6.17. The van der Waals surface area contributed by atoms with Crippen LogP contribution in [0.2, 0.25) is 10.0 Å². The number of likely N-dealkylation sites (tertiary alicyclic amines) is 1. The highest BCUT2D eigenvalue weighted by Crippen LogP contribution is 2.27. The number of nitrogens with one attached hydrogen (secondary N) is 1. The summed E-state index contributed by atoms with van der Waals surface area (Å²) in [6.07, 6.45) is 2.58. The minimum absolute atomic E-state index is 0.303. The molecule has 2 rings (SSSR count). The Labute approximate surface area is 117 Å². The van der Waals surface area contributed by atoms with E-state index >= 15 is 0 Å². The van der Waals surface area contributed by atoms with Gasteiger partial charge >= 0.3 is 0 Å². The van der Waals surface area contributed by atoms with Gasteiger partial charge in [0.15, 0.2) is 0 Å². The van der Waals surface area contributed by atoms with E-state index in [1.807, 2.05) is 0 Å². The molecule has 0 spiro atoms. The molecule has 1 unspecified atom stereocenters. The van der Waals surface area contributed by atoms with E-state index in [4.69, 9.17) is 28.9 Å². The lowest BCUT2D eigenvalue weighted by atomic mass is 10.3. The van der Waals surface area contributed by atoms with E-state index in [2.05, 4.69) is 22.1 Å². The Hall–Kier alpha value is -0.710. The van der Waals surface area contributed by atoms with Gasteiger partial charge in [0.1, 0.15) is 11.6 Å². The van der Waals surface area contributed by atoms with Crippen LogP contribution in [0.15, 0.2) is 6.07 Å². The maximum atomic E-state index is 6.07. The molecule has 4 nitrogen and oxygen atoms in total. The Morgan fingerprint density at radius 2 is 2.06 bits per heavy atom. The lowest BCUT2D eigenvalue weighted by Crippen LogP contribution is -2.35. The number of hydrogen-bond donors (Lipinski definition) is 2. The molecule has 2 heterocycles. The maximum absolute atomic E-state index is 6.07. The van der Waals surface area contributed by atoms with Crippen molar-refractivity contribution in [2.45, 2.75) is 25.8 Å². The average Bonchev–Trinajstić information content (AvgIpc) is 2.85. The second-order valence-corrected chi connectivity index (χ2v) is 5.47. The molecule has 1 aliphatic rings. The predicted octanol–water partition coefficient (Wildman–Crippen LogP) is 2.87. The Morgan fingerprint density at radius 3 is 2.72 bits per heavy atom.